The van der Waals surface area contributed by atoms with Gasteiger partial charge in [-0.15, -0.1) is 16.9 Å². The number of aromatic nitrogens is 3. The van der Waals surface area contributed by atoms with E-state index in [0.29, 0.717) is 30.0 Å². The Morgan fingerprint density at radius 1 is 1.03 bits per heavy atom. The molecule has 8 heteroatoms. The number of hydrogen-bond acceptors (Lipinski definition) is 7. The number of benzene rings is 2. The average molecular weight is 507 g/mol. The van der Waals surface area contributed by atoms with Gasteiger partial charge in [-0.3, -0.25) is 0 Å². The highest BCUT2D eigenvalue weighted by molar-refractivity contribution is 8.00. The molecule has 0 N–H and O–H groups in total. The molecule has 0 spiro atoms. The van der Waals surface area contributed by atoms with Crippen molar-refractivity contribution in [1.82, 2.24) is 15.0 Å². The SMILES string of the molecule is CCOC(=O)c1nnn(Cc2ccc(OC)cc2)c1SC1CC(c2ccc(N3CCCCC3)cc2)C1. The van der Waals surface area contributed by atoms with E-state index in [4.69, 9.17) is 9.47 Å². The van der Waals surface area contributed by atoms with Crippen LogP contribution in [0.3, 0.4) is 0 Å². The van der Waals surface area contributed by atoms with Crippen molar-refractivity contribution in [2.75, 3.05) is 31.7 Å². The van der Waals surface area contributed by atoms with Crippen LogP contribution in [0.15, 0.2) is 53.6 Å². The fraction of sp³-hybridized carbons (Fsp3) is 0.464. The number of hydrogen-bond donors (Lipinski definition) is 0. The van der Waals surface area contributed by atoms with Crippen LogP contribution in [0.5, 0.6) is 5.75 Å². The summed E-state index contributed by atoms with van der Waals surface area (Å²) in [6.07, 6.45) is 6.08. The molecule has 2 aliphatic rings. The van der Waals surface area contributed by atoms with Gasteiger partial charge in [-0.25, -0.2) is 9.48 Å². The van der Waals surface area contributed by atoms with Gasteiger partial charge in [-0.1, -0.05) is 29.5 Å². The number of carbonyl (C=O) groups excluding carboxylic acids is 1. The topological polar surface area (TPSA) is 69.5 Å². The van der Waals surface area contributed by atoms with Crippen LogP contribution in [0.2, 0.25) is 0 Å². The van der Waals surface area contributed by atoms with E-state index in [2.05, 4.69) is 39.5 Å². The summed E-state index contributed by atoms with van der Waals surface area (Å²) in [5.74, 6) is 0.948. The van der Waals surface area contributed by atoms with Crippen molar-refractivity contribution in [2.24, 2.45) is 0 Å². The lowest BCUT2D eigenvalue weighted by molar-refractivity contribution is 0.0514. The highest BCUT2D eigenvalue weighted by atomic mass is 32.2. The number of ether oxygens (including phenoxy) is 2. The normalized spacial score (nSPS) is 19.6. The van der Waals surface area contributed by atoms with Crippen LogP contribution in [0, 0.1) is 0 Å². The molecule has 1 aliphatic heterocycles. The maximum Gasteiger partial charge on any atom is 0.361 e. The minimum Gasteiger partial charge on any atom is -0.497 e. The minimum absolute atomic E-state index is 0.310. The van der Waals surface area contributed by atoms with Crippen LogP contribution in [0.1, 0.15) is 66.6 Å². The van der Waals surface area contributed by atoms with Crippen LogP contribution in [0.25, 0.3) is 0 Å². The lowest BCUT2D eigenvalue weighted by Gasteiger charge is -2.35. The monoisotopic (exact) mass is 506 g/mol. The van der Waals surface area contributed by atoms with Gasteiger partial charge in [-0.05, 0) is 80.3 Å². The maximum absolute atomic E-state index is 12.6. The summed E-state index contributed by atoms with van der Waals surface area (Å²) < 4.78 is 12.3. The largest absolute Gasteiger partial charge is 0.497 e. The number of methoxy groups -OCH3 is 1. The lowest BCUT2D eigenvalue weighted by atomic mass is 9.79. The van der Waals surface area contributed by atoms with E-state index in [9.17, 15) is 4.79 Å². The van der Waals surface area contributed by atoms with Crippen molar-refractivity contribution < 1.29 is 14.3 Å². The third kappa shape index (κ3) is 5.53. The van der Waals surface area contributed by atoms with Crippen LogP contribution in [-0.4, -0.2) is 53.0 Å². The molecular formula is C28H34N4O3S. The third-order valence-electron chi connectivity index (χ3n) is 7.11. The van der Waals surface area contributed by atoms with Gasteiger partial charge >= 0.3 is 5.97 Å². The van der Waals surface area contributed by atoms with E-state index in [1.54, 1.807) is 25.8 Å². The van der Waals surface area contributed by atoms with Gasteiger partial charge in [0.1, 0.15) is 10.8 Å². The molecule has 1 saturated carbocycles. The highest BCUT2D eigenvalue weighted by Crippen LogP contribution is 2.46. The molecule has 0 unspecified atom stereocenters. The number of carbonyl (C=O) groups is 1. The van der Waals surface area contributed by atoms with Gasteiger partial charge < -0.3 is 14.4 Å². The van der Waals surface area contributed by atoms with Crippen LogP contribution in [-0.2, 0) is 11.3 Å². The fourth-order valence-corrected chi connectivity index (χ4v) is 6.39. The molecular weight excluding hydrogens is 472 g/mol. The van der Waals surface area contributed by atoms with Crippen LogP contribution in [0.4, 0.5) is 5.69 Å². The maximum atomic E-state index is 12.6. The van der Waals surface area contributed by atoms with E-state index in [-0.39, 0.29) is 0 Å². The van der Waals surface area contributed by atoms with Gasteiger partial charge in [0.2, 0.25) is 5.69 Å². The molecule has 1 aliphatic carbocycles. The lowest BCUT2D eigenvalue weighted by Crippen LogP contribution is -2.29. The molecule has 1 saturated heterocycles. The number of esters is 1. The molecule has 7 nitrogen and oxygen atoms in total. The van der Waals surface area contributed by atoms with E-state index >= 15 is 0 Å². The Morgan fingerprint density at radius 2 is 1.75 bits per heavy atom. The fourth-order valence-electron chi connectivity index (χ4n) is 4.96. The second-order valence-electron chi connectivity index (χ2n) is 9.52. The Bertz CT molecular complexity index is 1150. The Balaban J connectivity index is 1.25. The van der Waals surface area contributed by atoms with E-state index < -0.39 is 5.97 Å². The van der Waals surface area contributed by atoms with Crippen molar-refractivity contribution in [3.63, 3.8) is 0 Å². The molecule has 2 aromatic carbocycles. The summed E-state index contributed by atoms with van der Waals surface area (Å²) in [6, 6.07) is 17.0. The highest BCUT2D eigenvalue weighted by Gasteiger charge is 2.34. The molecule has 0 amide bonds. The number of nitrogens with zero attached hydrogens (tertiary/aromatic N) is 4. The molecule has 3 aromatic rings. The van der Waals surface area contributed by atoms with Crippen molar-refractivity contribution in [3.8, 4) is 5.75 Å². The molecule has 0 radical (unpaired) electrons. The molecule has 5 rings (SSSR count). The van der Waals surface area contributed by atoms with E-state index in [1.165, 1.54) is 43.6 Å². The Hall–Kier alpha value is -3.00. The van der Waals surface area contributed by atoms with Crippen molar-refractivity contribution in [2.45, 2.75) is 61.8 Å². The first-order chi connectivity index (χ1) is 17.6. The average Bonchev–Trinajstić information content (AvgIpc) is 3.29. The first-order valence-electron chi connectivity index (χ1n) is 12.9. The minimum atomic E-state index is -0.412. The van der Waals surface area contributed by atoms with Crippen molar-refractivity contribution in [1.29, 1.82) is 0 Å². The molecule has 2 heterocycles. The van der Waals surface area contributed by atoms with Gasteiger partial charge in [0.05, 0.1) is 20.3 Å². The summed E-state index contributed by atoms with van der Waals surface area (Å²) in [5.41, 5.74) is 4.13. The van der Waals surface area contributed by atoms with E-state index in [0.717, 1.165) is 29.2 Å². The molecule has 190 valence electrons. The zero-order valence-electron chi connectivity index (χ0n) is 21.1. The second-order valence-corrected chi connectivity index (χ2v) is 10.8. The number of rotatable bonds is 9. The van der Waals surface area contributed by atoms with Crippen LogP contribution >= 0.6 is 11.8 Å². The number of piperidine rings is 1. The molecule has 0 bridgehead atoms. The quantitative estimate of drug-likeness (QED) is 0.353. The summed E-state index contributed by atoms with van der Waals surface area (Å²) in [4.78, 5) is 15.1. The standard InChI is InChI=1S/C28H34N4O3S/c1-3-35-28(33)26-27(32(30-29-26)19-20-7-13-24(34-2)14-8-20)36-25-17-22(18-25)21-9-11-23(12-10-21)31-15-5-4-6-16-31/h7-14,22,25H,3-6,15-19H2,1-2H3. The van der Waals surface area contributed by atoms with Crippen molar-refractivity contribution in [3.05, 3.63) is 65.4 Å². The Labute approximate surface area is 217 Å². The Kier molecular flexibility index (Phi) is 7.80. The predicted molar refractivity (Wildman–Crippen MR) is 142 cm³/mol. The molecule has 36 heavy (non-hydrogen) atoms. The number of anilines is 1. The second kappa shape index (κ2) is 11.4. The predicted octanol–water partition coefficient (Wildman–Crippen LogP) is 5.54. The Morgan fingerprint density at radius 3 is 2.42 bits per heavy atom. The molecule has 1 aromatic heterocycles. The van der Waals surface area contributed by atoms with Gasteiger partial charge in [-0.2, -0.15) is 0 Å². The van der Waals surface area contributed by atoms with Gasteiger partial charge in [0, 0.05) is 24.0 Å². The van der Waals surface area contributed by atoms with Crippen molar-refractivity contribution >= 4 is 23.4 Å². The summed E-state index contributed by atoms with van der Waals surface area (Å²) in [6.45, 7) is 4.99. The summed E-state index contributed by atoms with van der Waals surface area (Å²) in [7, 11) is 1.65. The van der Waals surface area contributed by atoms with Gasteiger partial charge in [0.15, 0.2) is 0 Å². The molecule has 2 fully saturated rings. The first kappa shape index (κ1) is 24.7. The van der Waals surface area contributed by atoms with Gasteiger partial charge in [0.25, 0.3) is 0 Å². The number of thioether (sulfide) groups is 1. The third-order valence-corrected chi connectivity index (χ3v) is 8.45. The summed E-state index contributed by atoms with van der Waals surface area (Å²) in [5, 5.41) is 9.70. The zero-order valence-corrected chi connectivity index (χ0v) is 21.9. The first-order valence-corrected chi connectivity index (χ1v) is 13.8. The zero-order chi connectivity index (χ0) is 24.9. The van der Waals surface area contributed by atoms with E-state index in [1.807, 2.05) is 28.9 Å². The summed E-state index contributed by atoms with van der Waals surface area (Å²) >= 11 is 1.70. The smallest absolute Gasteiger partial charge is 0.361 e. The van der Waals surface area contributed by atoms with Crippen LogP contribution < -0.4 is 9.64 Å². The molecule has 0 atom stereocenters.